The van der Waals surface area contributed by atoms with E-state index in [4.69, 9.17) is 14.2 Å². The monoisotopic (exact) mass is 227 g/mol. The third kappa shape index (κ3) is 1.68. The zero-order chi connectivity index (χ0) is 11.2. The first-order valence-corrected chi connectivity index (χ1v) is 6.40. The van der Waals surface area contributed by atoms with Crippen LogP contribution in [-0.2, 0) is 14.2 Å². The summed E-state index contributed by atoms with van der Waals surface area (Å²) < 4.78 is 17.9. The van der Waals surface area contributed by atoms with E-state index in [-0.39, 0.29) is 0 Å². The fourth-order valence-electron chi connectivity index (χ4n) is 3.15. The Morgan fingerprint density at radius 1 is 1.19 bits per heavy atom. The second-order valence-corrected chi connectivity index (χ2v) is 5.27. The quantitative estimate of drug-likeness (QED) is 0.734. The minimum Gasteiger partial charge on any atom is -0.324 e. The predicted octanol–water partition coefficient (Wildman–Crippen LogP) is 1.25. The third-order valence-electron chi connectivity index (χ3n) is 4.08. The standard InChI is InChI=1S/C12H21NO3/c1-8-10-6-9-7-11(8)16-12(14-9,15-10)4-3-5-13-2/h8-11,13H,3-7H2,1-2H3. The largest absolute Gasteiger partial charge is 0.324 e. The van der Waals surface area contributed by atoms with Crippen LogP contribution in [0, 0.1) is 5.92 Å². The Morgan fingerprint density at radius 3 is 2.50 bits per heavy atom. The van der Waals surface area contributed by atoms with Gasteiger partial charge in [0.2, 0.25) is 0 Å². The molecule has 0 aromatic carbocycles. The molecule has 0 radical (unpaired) electrons. The summed E-state index contributed by atoms with van der Waals surface area (Å²) in [5.74, 6) is -0.183. The molecule has 1 saturated carbocycles. The van der Waals surface area contributed by atoms with E-state index in [9.17, 15) is 0 Å². The van der Waals surface area contributed by atoms with Gasteiger partial charge in [-0.15, -0.1) is 0 Å². The van der Waals surface area contributed by atoms with E-state index in [0.29, 0.717) is 24.2 Å². The number of hydrogen-bond acceptors (Lipinski definition) is 4. The molecular formula is C12H21NO3. The molecular weight excluding hydrogens is 206 g/mol. The molecule has 1 aliphatic carbocycles. The van der Waals surface area contributed by atoms with E-state index in [1.165, 1.54) is 0 Å². The van der Waals surface area contributed by atoms with Crippen molar-refractivity contribution in [3.63, 3.8) is 0 Å². The molecule has 2 atom stereocenters. The highest BCUT2D eigenvalue weighted by molar-refractivity contribution is 4.95. The van der Waals surface area contributed by atoms with Gasteiger partial charge in [-0.1, -0.05) is 6.92 Å². The van der Waals surface area contributed by atoms with Crippen LogP contribution in [-0.4, -0.2) is 37.9 Å². The molecule has 16 heavy (non-hydrogen) atoms. The van der Waals surface area contributed by atoms with Crippen molar-refractivity contribution in [3.8, 4) is 0 Å². The highest BCUT2D eigenvalue weighted by Crippen LogP contribution is 2.48. The average Bonchev–Trinajstić information content (AvgIpc) is 2.25. The molecule has 0 spiro atoms. The van der Waals surface area contributed by atoms with Gasteiger partial charge in [-0.05, 0) is 20.0 Å². The first-order valence-electron chi connectivity index (χ1n) is 6.40. The Labute approximate surface area is 96.6 Å². The molecule has 1 N–H and O–H groups in total. The normalized spacial score (nSPS) is 49.9. The minimum absolute atomic E-state index is 0.348. The van der Waals surface area contributed by atoms with Crippen LogP contribution in [0.1, 0.15) is 32.6 Å². The van der Waals surface area contributed by atoms with Crippen LogP contribution in [0.5, 0.6) is 0 Å². The Balaban J connectivity index is 1.68. The van der Waals surface area contributed by atoms with Gasteiger partial charge >= 0.3 is 0 Å². The van der Waals surface area contributed by atoms with Crippen molar-refractivity contribution in [1.82, 2.24) is 5.32 Å². The maximum Gasteiger partial charge on any atom is 0.283 e. The predicted molar refractivity (Wildman–Crippen MR) is 58.9 cm³/mol. The van der Waals surface area contributed by atoms with E-state index in [2.05, 4.69) is 12.2 Å². The van der Waals surface area contributed by atoms with Crippen LogP contribution in [0.2, 0.25) is 0 Å². The molecule has 2 unspecified atom stereocenters. The summed E-state index contributed by atoms with van der Waals surface area (Å²) in [6.07, 6.45) is 5.02. The summed E-state index contributed by atoms with van der Waals surface area (Å²) in [5, 5.41) is 3.14. The molecule has 4 nitrogen and oxygen atoms in total. The molecule has 4 fully saturated rings. The van der Waals surface area contributed by atoms with Crippen molar-refractivity contribution in [1.29, 1.82) is 0 Å². The van der Waals surface area contributed by atoms with Gasteiger partial charge in [0.05, 0.1) is 18.3 Å². The summed E-state index contributed by atoms with van der Waals surface area (Å²) in [7, 11) is 1.96. The molecule has 3 heterocycles. The van der Waals surface area contributed by atoms with Crippen molar-refractivity contribution in [2.24, 2.45) is 5.92 Å². The Bertz CT molecular complexity index is 255. The first kappa shape index (κ1) is 11.0. The van der Waals surface area contributed by atoms with Gasteiger partial charge < -0.3 is 19.5 Å². The average molecular weight is 227 g/mol. The van der Waals surface area contributed by atoms with Gasteiger partial charge in [0.15, 0.2) is 0 Å². The zero-order valence-electron chi connectivity index (χ0n) is 10.1. The summed E-state index contributed by atoms with van der Waals surface area (Å²) in [6, 6.07) is 0. The van der Waals surface area contributed by atoms with Crippen molar-refractivity contribution in [3.05, 3.63) is 0 Å². The van der Waals surface area contributed by atoms with Gasteiger partial charge in [-0.2, -0.15) is 0 Å². The second-order valence-electron chi connectivity index (χ2n) is 5.27. The Kier molecular flexibility index (Phi) is 2.70. The highest BCUT2D eigenvalue weighted by Gasteiger charge is 2.57. The maximum absolute atomic E-state index is 6.00. The second kappa shape index (κ2) is 3.95. The first-order chi connectivity index (χ1) is 7.72. The van der Waals surface area contributed by atoms with Crippen molar-refractivity contribution < 1.29 is 14.2 Å². The lowest BCUT2D eigenvalue weighted by Crippen LogP contribution is -2.65. The van der Waals surface area contributed by atoms with E-state index in [1.807, 2.05) is 7.05 Å². The molecule has 3 saturated heterocycles. The molecule has 4 aliphatic rings. The molecule has 92 valence electrons. The van der Waals surface area contributed by atoms with Crippen molar-refractivity contribution in [2.75, 3.05) is 13.6 Å². The zero-order valence-corrected chi connectivity index (χ0v) is 10.1. The van der Waals surface area contributed by atoms with E-state index in [0.717, 1.165) is 32.2 Å². The molecule has 3 aliphatic heterocycles. The van der Waals surface area contributed by atoms with E-state index in [1.54, 1.807) is 0 Å². The lowest BCUT2D eigenvalue weighted by Gasteiger charge is -2.58. The Hall–Kier alpha value is -0.160. The molecule has 0 amide bonds. The SMILES string of the molecule is CNCCCC12OC3CC(O1)C(C)C(C3)O2. The van der Waals surface area contributed by atoms with Crippen LogP contribution in [0.3, 0.4) is 0 Å². The lowest BCUT2D eigenvalue weighted by atomic mass is 9.80. The highest BCUT2D eigenvalue weighted by atomic mass is 16.9. The topological polar surface area (TPSA) is 39.7 Å². The van der Waals surface area contributed by atoms with Crippen LogP contribution < -0.4 is 5.32 Å². The summed E-state index contributed by atoms with van der Waals surface area (Å²) in [6.45, 7) is 3.21. The van der Waals surface area contributed by atoms with Crippen molar-refractivity contribution in [2.45, 2.75) is 56.9 Å². The summed E-state index contributed by atoms with van der Waals surface area (Å²) in [5.41, 5.74) is 0. The van der Waals surface area contributed by atoms with Crippen LogP contribution in [0.15, 0.2) is 0 Å². The number of rotatable bonds is 4. The maximum atomic E-state index is 6.00. The van der Waals surface area contributed by atoms with E-state index >= 15 is 0 Å². The molecule has 4 heteroatoms. The summed E-state index contributed by atoms with van der Waals surface area (Å²) in [4.78, 5) is 0. The number of nitrogens with one attached hydrogen (secondary N) is 1. The van der Waals surface area contributed by atoms with Gasteiger partial charge in [0.1, 0.15) is 0 Å². The molecule has 0 aromatic rings. The fourth-order valence-corrected chi connectivity index (χ4v) is 3.15. The summed E-state index contributed by atoms with van der Waals surface area (Å²) >= 11 is 0. The Morgan fingerprint density at radius 2 is 1.88 bits per heavy atom. The van der Waals surface area contributed by atoms with E-state index < -0.39 is 5.97 Å². The van der Waals surface area contributed by atoms with Gasteiger partial charge in [-0.25, -0.2) is 0 Å². The fraction of sp³-hybridized carbons (Fsp3) is 1.00. The number of hydrogen-bond donors (Lipinski definition) is 1. The van der Waals surface area contributed by atoms with Gasteiger partial charge in [0.25, 0.3) is 5.97 Å². The number of ether oxygens (including phenoxy) is 3. The minimum atomic E-state index is -0.708. The van der Waals surface area contributed by atoms with Crippen LogP contribution in [0.25, 0.3) is 0 Å². The van der Waals surface area contributed by atoms with Gasteiger partial charge in [-0.3, -0.25) is 0 Å². The molecule has 0 aromatic heterocycles. The van der Waals surface area contributed by atoms with Crippen LogP contribution >= 0.6 is 0 Å². The lowest BCUT2D eigenvalue weighted by molar-refractivity contribution is -0.506. The molecule has 4 rings (SSSR count). The van der Waals surface area contributed by atoms with Crippen molar-refractivity contribution >= 4 is 0 Å². The van der Waals surface area contributed by atoms with Gasteiger partial charge in [0, 0.05) is 25.2 Å². The third-order valence-corrected chi connectivity index (χ3v) is 4.08. The van der Waals surface area contributed by atoms with Crippen LogP contribution in [0.4, 0.5) is 0 Å². The smallest absolute Gasteiger partial charge is 0.283 e. The molecule has 4 bridgehead atoms.